The van der Waals surface area contributed by atoms with E-state index in [-0.39, 0.29) is 5.84 Å². The van der Waals surface area contributed by atoms with Crippen LogP contribution < -0.4 is 11.1 Å². The average molecular weight is 454 g/mol. The standard InChI is InChI=1S/C23H18Cl2N4O2/c24-18-11-10-17(12-19(18)25)20(23(31)29-21(27)15-4-2-1-3-5-15)28-22(30)16-8-6-14(13-26)7-9-16/h1-12,20,23,31H,(H2,27,29)(H,28,30)/p+1. The molecule has 0 heterocycles. The summed E-state index contributed by atoms with van der Waals surface area (Å²) >= 11 is 12.2. The third-order valence-corrected chi connectivity index (χ3v) is 5.27. The Morgan fingerprint density at radius 1 is 1.00 bits per heavy atom. The Kier molecular flexibility index (Phi) is 7.27. The van der Waals surface area contributed by atoms with Crippen molar-refractivity contribution >= 4 is 34.9 Å². The molecule has 6 nitrogen and oxygen atoms in total. The molecule has 0 spiro atoms. The Hall–Kier alpha value is -3.37. The normalized spacial score (nSPS) is 13.2. The first-order valence-electron chi connectivity index (χ1n) is 9.25. The van der Waals surface area contributed by atoms with Gasteiger partial charge in [-0.15, -0.1) is 0 Å². The van der Waals surface area contributed by atoms with Gasteiger partial charge in [0.2, 0.25) is 0 Å². The Bertz CT molecular complexity index is 1140. The number of benzene rings is 3. The summed E-state index contributed by atoms with van der Waals surface area (Å²) in [4.78, 5) is 17.1. The zero-order valence-corrected chi connectivity index (χ0v) is 17.7. The average Bonchev–Trinajstić information content (AvgIpc) is 2.79. The fourth-order valence-electron chi connectivity index (χ4n) is 2.88. The molecule has 3 aromatic rings. The van der Waals surface area contributed by atoms with Crippen LogP contribution in [0.25, 0.3) is 0 Å². The van der Waals surface area contributed by atoms with Gasteiger partial charge < -0.3 is 16.2 Å². The quantitative estimate of drug-likeness (QED) is 0.336. The molecule has 0 saturated heterocycles. The molecule has 31 heavy (non-hydrogen) atoms. The minimum Gasteiger partial charge on any atom is -0.424 e. The molecule has 0 radical (unpaired) electrons. The van der Waals surface area contributed by atoms with Gasteiger partial charge in [0.25, 0.3) is 12.1 Å². The summed E-state index contributed by atoms with van der Waals surface area (Å²) < 4.78 is 0. The van der Waals surface area contributed by atoms with Gasteiger partial charge in [0.1, 0.15) is 11.9 Å². The number of nitrogens with one attached hydrogen (secondary N) is 1. The molecule has 1 amide bonds. The number of nitrogens with zero attached hydrogens (tertiary/aromatic N) is 2. The number of amides is 1. The summed E-state index contributed by atoms with van der Waals surface area (Å²) in [6, 6.07) is 21.3. The molecule has 0 bridgehead atoms. The van der Waals surface area contributed by atoms with Crippen LogP contribution in [0.15, 0.2) is 77.8 Å². The molecule has 0 fully saturated rings. The van der Waals surface area contributed by atoms with Crippen LogP contribution in [-0.4, -0.2) is 23.1 Å². The molecule has 0 aliphatic carbocycles. The van der Waals surface area contributed by atoms with Gasteiger partial charge in [-0.3, -0.25) is 4.79 Å². The molecule has 2 atom stereocenters. The highest BCUT2D eigenvalue weighted by Crippen LogP contribution is 2.28. The third kappa shape index (κ3) is 5.62. The van der Waals surface area contributed by atoms with Crippen molar-refractivity contribution in [3.05, 3.63) is 105 Å². The lowest BCUT2D eigenvalue weighted by Crippen LogP contribution is -2.36. The second-order valence-electron chi connectivity index (χ2n) is 6.64. The minimum absolute atomic E-state index is 0.179. The van der Waals surface area contributed by atoms with Crippen molar-refractivity contribution in [2.45, 2.75) is 12.3 Å². The van der Waals surface area contributed by atoms with E-state index in [0.29, 0.717) is 32.3 Å². The number of hydrogen-bond acceptors (Lipinski definition) is 3. The summed E-state index contributed by atoms with van der Waals surface area (Å²) in [7, 11) is 0. The molecule has 156 valence electrons. The molecule has 2 unspecified atom stereocenters. The Balaban J connectivity index is 1.93. The number of carbonyl (C=O) groups is 1. The largest absolute Gasteiger partial charge is 0.424 e. The molecular formula is C23H19Cl2N4O2+. The second-order valence-corrected chi connectivity index (χ2v) is 7.45. The van der Waals surface area contributed by atoms with E-state index in [1.807, 2.05) is 24.3 Å². The maximum absolute atomic E-state index is 12.8. The smallest absolute Gasteiger partial charge is 0.277 e. The summed E-state index contributed by atoms with van der Waals surface area (Å²) in [5, 5.41) is 21.0. The number of amidine groups is 1. The molecule has 8 heteroatoms. The molecule has 3 aromatic carbocycles. The summed E-state index contributed by atoms with van der Waals surface area (Å²) in [6.07, 6.45) is -1.15. The minimum atomic E-state index is -1.15. The highest BCUT2D eigenvalue weighted by atomic mass is 35.5. The van der Waals surface area contributed by atoms with Crippen molar-refractivity contribution in [2.24, 2.45) is 10.7 Å². The summed E-state index contributed by atoms with van der Waals surface area (Å²) in [5.74, 6) is -0.246. The van der Waals surface area contributed by atoms with Crippen LogP contribution in [-0.2, 0) is 0 Å². The molecule has 0 saturated carbocycles. The van der Waals surface area contributed by atoms with Gasteiger partial charge in [-0.2, -0.15) is 10.3 Å². The summed E-state index contributed by atoms with van der Waals surface area (Å²) in [6.45, 7) is 0. The van der Waals surface area contributed by atoms with Crippen LogP contribution in [0.4, 0.5) is 0 Å². The molecule has 5 N–H and O–H groups in total. The maximum atomic E-state index is 12.8. The maximum Gasteiger partial charge on any atom is 0.277 e. The molecule has 0 aromatic heterocycles. The van der Waals surface area contributed by atoms with Crippen LogP contribution in [0.2, 0.25) is 10.0 Å². The first-order valence-corrected chi connectivity index (χ1v) is 10.0. The number of hydrogen-bond donors (Lipinski definition) is 2. The molecule has 0 aliphatic heterocycles. The fraction of sp³-hybridized carbons (Fsp3) is 0.0870. The zero-order chi connectivity index (χ0) is 22.4. The highest BCUT2D eigenvalue weighted by molar-refractivity contribution is 6.42. The first kappa shape index (κ1) is 22.3. The van der Waals surface area contributed by atoms with Gasteiger partial charge in [0.05, 0.1) is 21.7 Å². The number of aliphatic imine (C=N–C) groups is 1. The number of halogens is 2. The molecular weight excluding hydrogens is 435 g/mol. The van der Waals surface area contributed by atoms with Crippen molar-refractivity contribution in [2.75, 3.05) is 0 Å². The Morgan fingerprint density at radius 2 is 1.68 bits per heavy atom. The molecule has 3 rings (SSSR count). The van der Waals surface area contributed by atoms with Crippen molar-refractivity contribution in [3.8, 4) is 6.07 Å². The topological polar surface area (TPSA) is 114 Å². The van der Waals surface area contributed by atoms with E-state index in [4.69, 9.17) is 39.3 Å². The number of rotatable bonds is 6. The van der Waals surface area contributed by atoms with Gasteiger partial charge in [0.15, 0.2) is 0 Å². The van der Waals surface area contributed by atoms with Crippen LogP contribution in [0.3, 0.4) is 0 Å². The fourth-order valence-corrected chi connectivity index (χ4v) is 3.19. The van der Waals surface area contributed by atoms with Crippen molar-refractivity contribution < 1.29 is 9.90 Å². The van der Waals surface area contributed by atoms with Crippen molar-refractivity contribution in [1.82, 2.24) is 5.32 Å². The number of nitrogens with two attached hydrogens (primary N) is 1. The van der Waals surface area contributed by atoms with E-state index in [9.17, 15) is 4.79 Å². The predicted molar refractivity (Wildman–Crippen MR) is 122 cm³/mol. The number of nitriles is 1. The van der Waals surface area contributed by atoms with E-state index >= 15 is 0 Å². The molecule has 0 aliphatic rings. The van der Waals surface area contributed by atoms with Crippen LogP contribution in [0.5, 0.6) is 0 Å². The summed E-state index contributed by atoms with van der Waals surface area (Å²) in [5.41, 5.74) is 8.09. The Morgan fingerprint density at radius 3 is 2.29 bits per heavy atom. The lowest BCUT2D eigenvalue weighted by atomic mass is 10.0. The first-order chi connectivity index (χ1) is 14.9. The van der Waals surface area contributed by atoms with Gasteiger partial charge in [-0.1, -0.05) is 59.6 Å². The lowest BCUT2D eigenvalue weighted by molar-refractivity contribution is 0.0845. The van der Waals surface area contributed by atoms with Crippen LogP contribution in [0, 0.1) is 11.3 Å². The van der Waals surface area contributed by atoms with Crippen molar-refractivity contribution in [3.63, 3.8) is 0 Å². The van der Waals surface area contributed by atoms with E-state index < -0.39 is 18.2 Å². The van der Waals surface area contributed by atoms with Gasteiger partial charge in [-0.25, -0.2) is 0 Å². The van der Waals surface area contributed by atoms with Crippen LogP contribution in [0.1, 0.15) is 33.1 Å². The van der Waals surface area contributed by atoms with Gasteiger partial charge in [-0.05, 0) is 42.0 Å². The second kappa shape index (κ2) is 10.1. The van der Waals surface area contributed by atoms with Gasteiger partial charge >= 0.3 is 0 Å². The van der Waals surface area contributed by atoms with Crippen LogP contribution >= 0.6 is 23.2 Å². The third-order valence-electron chi connectivity index (χ3n) is 4.53. The van der Waals surface area contributed by atoms with E-state index in [1.165, 1.54) is 0 Å². The Labute approximate surface area is 189 Å². The van der Waals surface area contributed by atoms with Crippen molar-refractivity contribution in [1.29, 1.82) is 5.26 Å². The SMILES string of the molecule is N#Cc1ccc(C(=O)NC(c2ccc(Cl)c(Cl)c2)C([OH2+])N=C(N)c2ccccc2)cc1. The predicted octanol–water partition coefficient (Wildman–Crippen LogP) is 3.79. The number of carbonyl (C=O) groups excluding carboxylic acids is 1. The monoisotopic (exact) mass is 453 g/mol. The van der Waals surface area contributed by atoms with E-state index in [0.717, 1.165) is 0 Å². The van der Waals surface area contributed by atoms with Gasteiger partial charge in [0, 0.05) is 11.1 Å². The van der Waals surface area contributed by atoms with E-state index in [2.05, 4.69) is 10.3 Å². The lowest BCUT2D eigenvalue weighted by Gasteiger charge is -2.20. The van der Waals surface area contributed by atoms with E-state index in [1.54, 1.807) is 54.6 Å². The zero-order valence-electron chi connectivity index (χ0n) is 16.2. The highest BCUT2D eigenvalue weighted by Gasteiger charge is 2.28.